The maximum Gasteiger partial charge on any atom is 0.339 e. The number of benzene rings is 2. The van der Waals surface area contributed by atoms with Gasteiger partial charge in [-0.1, -0.05) is 23.8 Å². The van der Waals surface area contributed by atoms with Crippen molar-refractivity contribution >= 4 is 26.2 Å². The molecule has 0 aliphatic rings. The maximum atomic E-state index is 10.6. The summed E-state index contributed by atoms with van der Waals surface area (Å²) in [7, 11) is -8.47. The van der Waals surface area contributed by atoms with E-state index in [1.807, 2.05) is 25.1 Å². The molecule has 0 amide bonds. The molecule has 0 spiro atoms. The van der Waals surface area contributed by atoms with Crippen LogP contribution in [0.1, 0.15) is 15.9 Å². The summed E-state index contributed by atoms with van der Waals surface area (Å²) in [6.45, 7) is 1.84. The van der Waals surface area contributed by atoms with Gasteiger partial charge in [0.15, 0.2) is 0 Å². The molecule has 0 bridgehead atoms. The first kappa shape index (κ1) is 25.7. The molecule has 3 rings (SSSR count). The number of hydrogen-bond donors (Lipinski definition) is 4. The number of hydrogen-bond acceptors (Lipinski definition) is 7. The van der Waals surface area contributed by atoms with Crippen LogP contribution in [-0.2, 0) is 20.2 Å². The second-order valence-corrected chi connectivity index (χ2v) is 8.61. The SMILES string of the molecule is Cc1ccc(S(=O)(=O)O)cc1.O=C(O)c1cc(S(=O)(=O)O)ccc1O.c1ccncc1. The van der Waals surface area contributed by atoms with E-state index >= 15 is 0 Å². The number of nitrogens with zero attached hydrogens (tertiary/aromatic N) is 1. The van der Waals surface area contributed by atoms with E-state index in [2.05, 4.69) is 4.98 Å². The van der Waals surface area contributed by atoms with Gasteiger partial charge >= 0.3 is 5.97 Å². The summed E-state index contributed by atoms with van der Waals surface area (Å²) in [6, 6.07) is 14.2. The Kier molecular flexibility index (Phi) is 9.27. The molecule has 0 radical (unpaired) electrons. The van der Waals surface area contributed by atoms with Gasteiger partial charge in [-0.15, -0.1) is 0 Å². The van der Waals surface area contributed by atoms with E-state index in [-0.39, 0.29) is 4.90 Å². The molecule has 31 heavy (non-hydrogen) atoms. The molecule has 0 aliphatic carbocycles. The lowest BCUT2D eigenvalue weighted by atomic mass is 10.2. The molecule has 1 aromatic heterocycles. The van der Waals surface area contributed by atoms with Gasteiger partial charge in [0.1, 0.15) is 11.3 Å². The zero-order chi connectivity index (χ0) is 23.7. The molecule has 2 aromatic carbocycles. The summed E-state index contributed by atoms with van der Waals surface area (Å²) in [5.41, 5.74) is 0.373. The molecule has 0 aliphatic heterocycles. The van der Waals surface area contributed by atoms with Crippen molar-refractivity contribution in [3.8, 4) is 5.75 Å². The van der Waals surface area contributed by atoms with E-state index < -0.39 is 42.4 Å². The lowest BCUT2D eigenvalue weighted by molar-refractivity contribution is 0.0693. The molecular weight excluding hydrogens is 450 g/mol. The van der Waals surface area contributed by atoms with Crippen LogP contribution in [0.15, 0.2) is 82.8 Å². The summed E-state index contributed by atoms with van der Waals surface area (Å²) in [4.78, 5) is 13.6. The van der Waals surface area contributed by atoms with E-state index in [0.29, 0.717) is 6.07 Å². The molecule has 10 nitrogen and oxygen atoms in total. The third-order valence-corrected chi connectivity index (χ3v) is 5.10. The van der Waals surface area contributed by atoms with Crippen molar-refractivity contribution in [2.45, 2.75) is 16.7 Å². The monoisotopic (exact) mass is 469 g/mol. The van der Waals surface area contributed by atoms with Gasteiger partial charge in [-0.3, -0.25) is 14.1 Å². The largest absolute Gasteiger partial charge is 0.507 e. The first-order chi connectivity index (χ1) is 14.3. The van der Waals surface area contributed by atoms with Crippen molar-refractivity contribution in [2.24, 2.45) is 0 Å². The number of carboxylic acids is 1. The Bertz CT molecular complexity index is 1180. The van der Waals surface area contributed by atoms with E-state index in [0.717, 1.165) is 17.7 Å². The number of aromatic hydroxyl groups is 1. The number of carboxylic acid groups (broad SMARTS) is 1. The number of carbonyl (C=O) groups is 1. The summed E-state index contributed by atoms with van der Waals surface area (Å²) in [6.07, 6.45) is 3.50. The zero-order valence-electron chi connectivity index (χ0n) is 16.0. The summed E-state index contributed by atoms with van der Waals surface area (Å²) in [5, 5.41) is 17.5. The van der Waals surface area contributed by atoms with Crippen molar-refractivity contribution < 1.29 is 40.9 Å². The number of aromatic carboxylic acids is 1. The van der Waals surface area contributed by atoms with E-state index in [9.17, 15) is 21.6 Å². The lowest BCUT2D eigenvalue weighted by Gasteiger charge is -2.01. The lowest BCUT2D eigenvalue weighted by Crippen LogP contribution is -2.02. The summed E-state index contributed by atoms with van der Waals surface area (Å²) < 4.78 is 59.3. The van der Waals surface area contributed by atoms with E-state index in [1.165, 1.54) is 12.1 Å². The zero-order valence-corrected chi connectivity index (χ0v) is 17.7. The number of rotatable bonds is 3. The van der Waals surface area contributed by atoms with Crippen LogP contribution in [-0.4, -0.2) is 47.1 Å². The van der Waals surface area contributed by atoms with Crippen LogP contribution in [0, 0.1) is 6.92 Å². The average Bonchev–Trinajstić information content (AvgIpc) is 2.69. The fraction of sp³-hybridized carbons (Fsp3) is 0.0526. The summed E-state index contributed by atoms with van der Waals surface area (Å²) >= 11 is 0. The minimum atomic E-state index is -4.45. The van der Waals surface area contributed by atoms with Crippen LogP contribution in [0.4, 0.5) is 0 Å². The third-order valence-electron chi connectivity index (χ3n) is 3.38. The van der Waals surface area contributed by atoms with E-state index in [1.54, 1.807) is 24.5 Å². The standard InChI is InChI=1S/C7H6O6S.C7H8O3S.C5H5N/c8-6-2-1-4(14(11,12)13)3-5(6)7(9)10;1-6-2-4-7(5-3-6)11(8,9)10;1-2-4-6-5-3-1/h1-3,8H,(H,9,10)(H,11,12,13);2-5H,1H3,(H,8,9,10);1-5H. The van der Waals surface area contributed by atoms with Gasteiger partial charge in [-0.05, 0) is 49.4 Å². The fourth-order valence-corrected chi connectivity index (χ4v) is 2.86. The third kappa shape index (κ3) is 9.35. The Morgan fingerprint density at radius 1 is 0.806 bits per heavy atom. The van der Waals surface area contributed by atoms with Crippen LogP contribution in [0.3, 0.4) is 0 Å². The van der Waals surface area contributed by atoms with Gasteiger partial charge in [-0.25, -0.2) is 4.79 Å². The van der Waals surface area contributed by atoms with Gasteiger partial charge in [0.2, 0.25) is 0 Å². The number of phenols is 1. The van der Waals surface area contributed by atoms with Gasteiger partial charge in [-0.2, -0.15) is 16.8 Å². The van der Waals surface area contributed by atoms with Crippen molar-refractivity contribution in [3.05, 3.63) is 84.2 Å². The Morgan fingerprint density at radius 3 is 1.65 bits per heavy atom. The molecule has 0 saturated heterocycles. The number of aryl methyl sites for hydroxylation is 1. The Balaban J connectivity index is 0.000000250. The quantitative estimate of drug-likeness (QED) is 0.417. The molecule has 1 heterocycles. The first-order valence-corrected chi connectivity index (χ1v) is 11.1. The van der Waals surface area contributed by atoms with Crippen molar-refractivity contribution in [3.63, 3.8) is 0 Å². The van der Waals surface area contributed by atoms with Crippen LogP contribution in [0.2, 0.25) is 0 Å². The van der Waals surface area contributed by atoms with Crippen LogP contribution < -0.4 is 0 Å². The summed E-state index contributed by atoms with van der Waals surface area (Å²) in [5.74, 6) is -2.04. The molecule has 3 aromatic rings. The van der Waals surface area contributed by atoms with Crippen molar-refractivity contribution in [2.75, 3.05) is 0 Å². The molecule has 0 fully saturated rings. The molecule has 12 heteroatoms. The molecule has 0 unspecified atom stereocenters. The van der Waals surface area contributed by atoms with Gasteiger partial charge < -0.3 is 10.2 Å². The molecular formula is C19H19NO9S2. The topological polar surface area (TPSA) is 179 Å². The number of aromatic nitrogens is 1. The molecule has 0 atom stereocenters. The second-order valence-electron chi connectivity index (χ2n) is 5.77. The van der Waals surface area contributed by atoms with Gasteiger partial charge in [0.25, 0.3) is 20.2 Å². The number of pyridine rings is 1. The Hall–Kier alpha value is -3.32. The minimum Gasteiger partial charge on any atom is -0.507 e. The second kappa shape index (κ2) is 11.2. The van der Waals surface area contributed by atoms with Crippen LogP contribution >= 0.6 is 0 Å². The van der Waals surface area contributed by atoms with Gasteiger partial charge in [0, 0.05) is 12.4 Å². The van der Waals surface area contributed by atoms with Crippen LogP contribution in [0.5, 0.6) is 5.75 Å². The Morgan fingerprint density at radius 2 is 1.29 bits per heavy atom. The maximum absolute atomic E-state index is 10.6. The van der Waals surface area contributed by atoms with Crippen molar-refractivity contribution in [1.29, 1.82) is 0 Å². The highest BCUT2D eigenvalue weighted by atomic mass is 32.2. The van der Waals surface area contributed by atoms with Crippen LogP contribution in [0.25, 0.3) is 0 Å². The normalized spacial score (nSPS) is 10.7. The highest BCUT2D eigenvalue weighted by Crippen LogP contribution is 2.20. The smallest absolute Gasteiger partial charge is 0.339 e. The highest BCUT2D eigenvalue weighted by Gasteiger charge is 2.16. The fourth-order valence-electron chi connectivity index (χ4n) is 1.87. The Labute approximate surface area is 179 Å². The minimum absolute atomic E-state index is 0.0666. The molecule has 0 saturated carbocycles. The van der Waals surface area contributed by atoms with E-state index in [4.69, 9.17) is 19.3 Å². The predicted octanol–water partition coefficient (Wildman–Crippen LogP) is 2.66. The van der Waals surface area contributed by atoms with Crippen molar-refractivity contribution in [1.82, 2.24) is 4.98 Å². The first-order valence-electron chi connectivity index (χ1n) is 8.25. The molecule has 166 valence electrons. The molecule has 4 N–H and O–H groups in total. The predicted molar refractivity (Wildman–Crippen MR) is 110 cm³/mol. The van der Waals surface area contributed by atoms with Gasteiger partial charge in [0.05, 0.1) is 9.79 Å². The average molecular weight is 469 g/mol. The highest BCUT2D eigenvalue weighted by molar-refractivity contribution is 7.86.